The second kappa shape index (κ2) is 11.9. The maximum absolute atomic E-state index is 13.1. The van der Waals surface area contributed by atoms with Gasteiger partial charge in [-0.3, -0.25) is 4.79 Å². The number of ether oxygens (including phenoxy) is 1. The number of hydrogen-bond donors (Lipinski definition) is 4. The molecular formula is C28H27FN6O4S. The molecule has 0 radical (unpaired) electrons. The highest BCUT2D eigenvalue weighted by atomic mass is 32.2. The number of aromatic nitrogens is 1. The van der Waals surface area contributed by atoms with Crippen LogP contribution in [-0.2, 0) is 14.6 Å². The van der Waals surface area contributed by atoms with E-state index in [1.165, 1.54) is 49.6 Å². The van der Waals surface area contributed by atoms with Crippen LogP contribution in [0.1, 0.15) is 11.6 Å². The van der Waals surface area contributed by atoms with Gasteiger partial charge < -0.3 is 26.8 Å². The van der Waals surface area contributed by atoms with Gasteiger partial charge in [-0.25, -0.2) is 17.8 Å². The molecule has 0 unspecified atom stereocenters. The Morgan fingerprint density at radius 1 is 0.975 bits per heavy atom. The number of pyridine rings is 1. The number of carbonyl (C=O) groups excluding carboxylic acids is 1. The number of guanidine groups is 1. The molecule has 3 aromatic carbocycles. The molecule has 1 aromatic heterocycles. The first kappa shape index (κ1) is 28.2. The van der Waals surface area contributed by atoms with Crippen LogP contribution in [0.4, 0.5) is 21.6 Å². The minimum absolute atomic E-state index is 0.0320. The third kappa shape index (κ3) is 6.98. The van der Waals surface area contributed by atoms with Gasteiger partial charge >= 0.3 is 0 Å². The molecule has 1 amide bonds. The average molecular weight is 563 g/mol. The van der Waals surface area contributed by atoms with E-state index in [1.807, 2.05) is 18.2 Å². The number of nitrogens with zero attached hydrogens (tertiary/aromatic N) is 2. The van der Waals surface area contributed by atoms with Crippen molar-refractivity contribution >= 4 is 38.9 Å². The van der Waals surface area contributed by atoms with Gasteiger partial charge in [0.05, 0.1) is 17.7 Å². The zero-order valence-corrected chi connectivity index (χ0v) is 22.4. The molecular weight excluding hydrogens is 535 g/mol. The highest BCUT2D eigenvalue weighted by Crippen LogP contribution is 2.28. The van der Waals surface area contributed by atoms with Gasteiger partial charge in [0.2, 0.25) is 5.91 Å². The number of hydrogen-bond acceptors (Lipinski definition) is 7. The molecule has 0 aliphatic heterocycles. The molecule has 12 heteroatoms. The van der Waals surface area contributed by atoms with E-state index < -0.39 is 27.6 Å². The summed E-state index contributed by atoms with van der Waals surface area (Å²) in [4.78, 5) is 21.2. The van der Waals surface area contributed by atoms with Gasteiger partial charge in [-0.05, 0) is 59.7 Å². The van der Waals surface area contributed by atoms with Gasteiger partial charge in [0.15, 0.2) is 21.6 Å². The Hall–Kier alpha value is -4.81. The molecule has 10 nitrogen and oxygen atoms in total. The average Bonchev–Trinajstić information content (AvgIpc) is 2.93. The minimum atomic E-state index is -3.39. The van der Waals surface area contributed by atoms with Crippen molar-refractivity contribution in [3.05, 3.63) is 96.4 Å². The van der Waals surface area contributed by atoms with Gasteiger partial charge in [0.1, 0.15) is 17.6 Å². The van der Waals surface area contributed by atoms with Gasteiger partial charge in [-0.1, -0.05) is 24.3 Å². The van der Waals surface area contributed by atoms with Crippen LogP contribution in [0, 0.1) is 5.82 Å². The molecule has 1 atom stereocenters. The summed E-state index contributed by atoms with van der Waals surface area (Å²) >= 11 is 0. The summed E-state index contributed by atoms with van der Waals surface area (Å²) < 4.78 is 42.0. The molecule has 0 bridgehead atoms. The lowest BCUT2D eigenvalue weighted by molar-refractivity contribution is -0.117. The molecule has 206 valence electrons. The Kier molecular flexibility index (Phi) is 8.41. The molecule has 0 fully saturated rings. The van der Waals surface area contributed by atoms with E-state index in [2.05, 4.69) is 20.6 Å². The number of nitrogens with one attached hydrogen (secondary N) is 2. The topological polar surface area (TPSA) is 162 Å². The number of anilines is 2. The maximum Gasteiger partial charge on any atom is 0.245 e. The Bertz CT molecular complexity index is 1640. The number of carbonyl (C=O) groups is 1. The van der Waals surface area contributed by atoms with Crippen LogP contribution >= 0.6 is 0 Å². The molecule has 6 N–H and O–H groups in total. The van der Waals surface area contributed by atoms with Crippen LogP contribution in [0.2, 0.25) is 0 Å². The first-order valence-electron chi connectivity index (χ1n) is 11.9. The summed E-state index contributed by atoms with van der Waals surface area (Å²) in [5, 5.41) is 5.64. The molecule has 0 aliphatic rings. The molecule has 4 rings (SSSR count). The number of aliphatic imine (C=N–C) groups is 1. The number of methoxy groups -OCH3 is 1. The summed E-state index contributed by atoms with van der Waals surface area (Å²) in [5.41, 5.74) is 15.2. The van der Waals surface area contributed by atoms with Crippen LogP contribution in [0.5, 0.6) is 5.75 Å². The second-order valence-electron chi connectivity index (χ2n) is 8.76. The predicted octanol–water partition coefficient (Wildman–Crippen LogP) is 4.00. The summed E-state index contributed by atoms with van der Waals surface area (Å²) in [6.45, 7) is 0. The fourth-order valence-electron chi connectivity index (χ4n) is 3.71. The molecule has 0 aliphatic carbocycles. The summed E-state index contributed by atoms with van der Waals surface area (Å²) in [5.74, 6) is -0.149. The number of sulfone groups is 1. The SMILES string of the molecule is COc1cc(S(C)(=O)=O)ccc1NC(N)=Nc1ccc(-c2ccc(NC(=O)[C@H](N)c3ccc(F)cc3)cc2)cn1. The van der Waals surface area contributed by atoms with E-state index in [0.29, 0.717) is 28.5 Å². The van der Waals surface area contributed by atoms with Crippen LogP contribution in [0.3, 0.4) is 0 Å². The first-order valence-corrected chi connectivity index (χ1v) is 13.8. The zero-order valence-electron chi connectivity index (χ0n) is 21.6. The maximum atomic E-state index is 13.1. The van der Waals surface area contributed by atoms with Crippen molar-refractivity contribution in [2.75, 3.05) is 24.0 Å². The monoisotopic (exact) mass is 562 g/mol. The number of halogens is 1. The van der Waals surface area contributed by atoms with Gasteiger partial charge in [-0.2, -0.15) is 4.99 Å². The molecule has 1 heterocycles. The number of rotatable bonds is 8. The Morgan fingerprint density at radius 3 is 2.25 bits per heavy atom. The van der Waals surface area contributed by atoms with Crippen molar-refractivity contribution in [1.82, 2.24) is 4.98 Å². The zero-order chi connectivity index (χ0) is 28.9. The number of benzene rings is 3. The van der Waals surface area contributed by atoms with Crippen LogP contribution in [-0.4, -0.2) is 38.6 Å². The summed E-state index contributed by atoms with van der Waals surface area (Å²) in [6, 6.07) is 19.5. The predicted molar refractivity (Wildman–Crippen MR) is 153 cm³/mol. The number of nitrogens with two attached hydrogens (primary N) is 2. The molecule has 4 aromatic rings. The van der Waals surface area contributed by atoms with Crippen molar-refractivity contribution in [2.24, 2.45) is 16.5 Å². The lowest BCUT2D eigenvalue weighted by Gasteiger charge is -2.13. The fourth-order valence-corrected chi connectivity index (χ4v) is 4.34. The van der Waals surface area contributed by atoms with Crippen molar-refractivity contribution in [3.8, 4) is 16.9 Å². The standard InChI is InChI=1S/C28H27FN6O4S/c1-39-24-15-22(40(2,37)38)12-13-23(24)34-28(31)35-25-14-7-19(16-32-25)17-5-10-21(11-6-17)33-27(36)26(30)18-3-8-20(29)9-4-18/h3-16,26H,30H2,1-2H3,(H,33,36)(H3,31,32,34,35)/t26-/m1/s1. The third-order valence-electron chi connectivity index (χ3n) is 5.84. The van der Waals surface area contributed by atoms with Gasteiger partial charge in [-0.15, -0.1) is 0 Å². The quantitative estimate of drug-likeness (QED) is 0.185. The van der Waals surface area contributed by atoms with Crippen molar-refractivity contribution < 1.29 is 22.3 Å². The molecule has 0 saturated heterocycles. The first-order chi connectivity index (χ1) is 19.0. The molecule has 0 spiro atoms. The van der Waals surface area contributed by atoms with Gasteiger partial charge in [0, 0.05) is 29.8 Å². The van der Waals surface area contributed by atoms with E-state index in [0.717, 1.165) is 17.4 Å². The van der Waals surface area contributed by atoms with Crippen LogP contribution in [0.25, 0.3) is 11.1 Å². The van der Waals surface area contributed by atoms with E-state index in [4.69, 9.17) is 16.2 Å². The normalized spacial score (nSPS) is 12.4. The highest BCUT2D eigenvalue weighted by molar-refractivity contribution is 7.90. The molecule has 40 heavy (non-hydrogen) atoms. The summed E-state index contributed by atoms with van der Waals surface area (Å²) in [6.07, 6.45) is 2.74. The fraction of sp³-hybridized carbons (Fsp3) is 0.107. The Balaban J connectivity index is 1.40. The lowest BCUT2D eigenvalue weighted by Crippen LogP contribution is -2.27. The molecule has 0 saturated carbocycles. The smallest absolute Gasteiger partial charge is 0.245 e. The third-order valence-corrected chi connectivity index (χ3v) is 6.95. The van der Waals surface area contributed by atoms with E-state index in [9.17, 15) is 17.6 Å². The Morgan fingerprint density at radius 2 is 1.65 bits per heavy atom. The minimum Gasteiger partial charge on any atom is -0.495 e. The largest absolute Gasteiger partial charge is 0.495 e. The highest BCUT2D eigenvalue weighted by Gasteiger charge is 2.16. The van der Waals surface area contributed by atoms with E-state index in [-0.39, 0.29) is 10.9 Å². The summed E-state index contributed by atoms with van der Waals surface area (Å²) in [7, 11) is -1.97. The van der Waals surface area contributed by atoms with E-state index in [1.54, 1.807) is 24.4 Å². The van der Waals surface area contributed by atoms with E-state index >= 15 is 0 Å². The second-order valence-corrected chi connectivity index (χ2v) is 10.8. The van der Waals surface area contributed by atoms with Gasteiger partial charge in [0.25, 0.3) is 0 Å². The number of amides is 1. The lowest BCUT2D eigenvalue weighted by atomic mass is 10.1. The van der Waals surface area contributed by atoms with Crippen LogP contribution in [0.15, 0.2) is 94.9 Å². The van der Waals surface area contributed by atoms with Crippen molar-refractivity contribution in [2.45, 2.75) is 10.9 Å². The van der Waals surface area contributed by atoms with Crippen LogP contribution < -0.4 is 26.8 Å². The van der Waals surface area contributed by atoms with Crippen molar-refractivity contribution in [3.63, 3.8) is 0 Å². The Labute approximate surface area is 230 Å². The van der Waals surface area contributed by atoms with Crippen molar-refractivity contribution in [1.29, 1.82) is 0 Å².